The van der Waals surface area contributed by atoms with Crippen LogP contribution >= 0.6 is 0 Å². The van der Waals surface area contributed by atoms with Crippen molar-refractivity contribution in [2.45, 2.75) is 0 Å². The smallest absolute Gasteiger partial charge is 0.166 e. The number of benzene rings is 8. The van der Waals surface area contributed by atoms with Gasteiger partial charge in [-0.25, -0.2) is 15.0 Å². The predicted octanol–water partition coefficient (Wildman–Crippen LogP) is 11.9. The van der Waals surface area contributed by atoms with E-state index >= 15 is 0 Å². The first kappa shape index (κ1) is 21.9. The zero-order valence-electron chi connectivity index (χ0n) is 35.0. The molecule has 0 aliphatic carbocycles. The molecule has 2 heterocycles. The van der Waals surface area contributed by atoms with Gasteiger partial charge in [0, 0.05) is 27.5 Å². The SMILES string of the molecule is [2H]c1c([2H])c([2H])c2c(c1[2H])c1c([2H])c([2H])c([2H])c([2H])c1n2-c1cc(-c2cccc3cc4ccccc4cc23)ccc1-c1nc(-c2ccccc2)nc(-c2ccccc2)n1. The molecule has 0 aliphatic heterocycles. The van der Waals surface area contributed by atoms with Gasteiger partial charge < -0.3 is 4.57 Å². The van der Waals surface area contributed by atoms with E-state index < -0.39 is 48.3 Å². The normalized spacial score (nSPS) is 13.7. The fourth-order valence-electron chi connectivity index (χ4n) is 6.88. The first-order chi connectivity index (χ1) is 28.6. The first-order valence-electron chi connectivity index (χ1n) is 20.5. The number of aromatic nitrogens is 4. The lowest BCUT2D eigenvalue weighted by Crippen LogP contribution is -2.04. The number of hydrogen-bond acceptors (Lipinski definition) is 3. The van der Waals surface area contributed by atoms with Gasteiger partial charge in [-0.05, 0) is 69.0 Å². The molecule has 0 radical (unpaired) electrons. The van der Waals surface area contributed by atoms with Gasteiger partial charge in [0.25, 0.3) is 0 Å². The summed E-state index contributed by atoms with van der Waals surface area (Å²) >= 11 is 0. The van der Waals surface area contributed by atoms with E-state index in [0.717, 1.165) is 43.8 Å². The molecular weight excluding hydrogens is 621 g/mol. The Hall–Kier alpha value is -6.91. The van der Waals surface area contributed by atoms with Crippen LogP contribution < -0.4 is 0 Å². The van der Waals surface area contributed by atoms with Crippen molar-refractivity contribution in [2.24, 2.45) is 0 Å². The summed E-state index contributed by atoms with van der Waals surface area (Å²) in [7, 11) is 0. The summed E-state index contributed by atoms with van der Waals surface area (Å²) in [6, 6.07) is 39.6. The Labute approximate surface area is 306 Å². The van der Waals surface area contributed by atoms with E-state index in [0.29, 0.717) is 22.9 Å². The summed E-state index contributed by atoms with van der Waals surface area (Å²) in [6.45, 7) is 0. The molecule has 0 unspecified atom stereocenters. The van der Waals surface area contributed by atoms with Gasteiger partial charge in [0.05, 0.1) is 27.7 Å². The summed E-state index contributed by atoms with van der Waals surface area (Å²) in [5.41, 5.74) is 3.92. The van der Waals surface area contributed by atoms with E-state index in [1.54, 1.807) is 0 Å². The van der Waals surface area contributed by atoms with Crippen molar-refractivity contribution >= 4 is 43.4 Å². The van der Waals surface area contributed by atoms with Gasteiger partial charge in [-0.2, -0.15) is 0 Å². The molecule has 10 aromatic rings. The maximum atomic E-state index is 9.30. The van der Waals surface area contributed by atoms with Crippen LogP contribution in [0.4, 0.5) is 0 Å². The molecule has 0 aliphatic rings. The molecule has 238 valence electrons. The van der Waals surface area contributed by atoms with E-state index in [1.807, 2.05) is 103 Å². The molecule has 0 saturated heterocycles. The zero-order chi connectivity index (χ0) is 40.7. The van der Waals surface area contributed by atoms with Crippen molar-refractivity contribution in [3.05, 3.63) is 182 Å². The van der Waals surface area contributed by atoms with Crippen molar-refractivity contribution in [3.8, 4) is 51.0 Å². The van der Waals surface area contributed by atoms with Crippen LogP contribution in [-0.4, -0.2) is 19.5 Å². The predicted molar refractivity (Wildman–Crippen MR) is 211 cm³/mol. The van der Waals surface area contributed by atoms with Gasteiger partial charge in [0.1, 0.15) is 0 Å². The molecule has 4 heteroatoms. The monoisotopic (exact) mass is 658 g/mol. The van der Waals surface area contributed by atoms with Crippen LogP contribution in [0.25, 0.3) is 94.3 Å². The molecule has 51 heavy (non-hydrogen) atoms. The van der Waals surface area contributed by atoms with Gasteiger partial charge in [-0.1, -0.05) is 145 Å². The minimum absolute atomic E-state index is 0.000866. The molecule has 0 atom stereocenters. The highest BCUT2D eigenvalue weighted by molar-refractivity contribution is 6.10. The van der Waals surface area contributed by atoms with E-state index in [1.165, 1.54) is 4.57 Å². The Morgan fingerprint density at radius 1 is 0.392 bits per heavy atom. The standard InChI is InChI=1S/C47H30N4/c1-3-14-31(15-4-1)45-48-46(32-16-5-2-6-17-32)50-47(49-45)40-27-26-36(37-23-13-20-35-28-33-18-7-8-19-34(33)29-41(35)37)30-44(40)51-42-24-11-9-21-38(42)39-22-10-12-25-43(39)51/h1-30H/i9D,10D,11D,12D,21D,22D,24D,25D. The zero-order valence-corrected chi connectivity index (χ0v) is 27.0. The maximum absolute atomic E-state index is 9.30. The second-order valence-electron chi connectivity index (χ2n) is 12.3. The summed E-state index contributed by atoms with van der Waals surface area (Å²) < 4.78 is 73.1. The highest BCUT2D eigenvalue weighted by atomic mass is 15.1. The Kier molecular flexibility index (Phi) is 5.12. The third-order valence-electron chi connectivity index (χ3n) is 9.27. The van der Waals surface area contributed by atoms with Crippen LogP contribution in [0.5, 0.6) is 0 Å². The number of hydrogen-bond donors (Lipinski definition) is 0. The maximum Gasteiger partial charge on any atom is 0.166 e. The third kappa shape index (κ3) is 4.96. The van der Waals surface area contributed by atoms with E-state index in [4.69, 9.17) is 23.2 Å². The summed E-state index contributed by atoms with van der Waals surface area (Å²) in [4.78, 5) is 14.9. The molecular formula is C47H30N4. The van der Waals surface area contributed by atoms with Crippen LogP contribution in [0.2, 0.25) is 0 Å². The quantitative estimate of drug-likeness (QED) is 0.173. The van der Waals surface area contributed by atoms with Crippen LogP contribution in [0.3, 0.4) is 0 Å². The van der Waals surface area contributed by atoms with Crippen LogP contribution in [0.15, 0.2) is 182 Å². The van der Waals surface area contributed by atoms with E-state index in [9.17, 15) is 2.74 Å². The van der Waals surface area contributed by atoms with E-state index in [2.05, 4.69) is 30.3 Å². The summed E-state index contributed by atoms with van der Waals surface area (Å²) in [6.07, 6.45) is 0. The average molecular weight is 659 g/mol. The van der Waals surface area contributed by atoms with Gasteiger partial charge >= 0.3 is 0 Å². The molecule has 0 N–H and O–H groups in total. The fourth-order valence-corrected chi connectivity index (χ4v) is 6.88. The van der Waals surface area contributed by atoms with Crippen molar-refractivity contribution in [2.75, 3.05) is 0 Å². The molecule has 0 saturated carbocycles. The molecule has 4 nitrogen and oxygen atoms in total. The average Bonchev–Trinajstić information content (AvgIpc) is 3.64. The molecule has 2 aromatic heterocycles. The van der Waals surface area contributed by atoms with Gasteiger partial charge in [-0.3, -0.25) is 0 Å². The molecule has 0 spiro atoms. The topological polar surface area (TPSA) is 43.6 Å². The van der Waals surface area contributed by atoms with Crippen molar-refractivity contribution in [1.82, 2.24) is 19.5 Å². The summed E-state index contributed by atoms with van der Waals surface area (Å²) in [5.74, 6) is 1.05. The second kappa shape index (κ2) is 11.9. The Bertz CT molecular complexity index is 3230. The fraction of sp³-hybridized carbons (Fsp3) is 0. The first-order valence-corrected chi connectivity index (χ1v) is 16.5. The summed E-state index contributed by atoms with van der Waals surface area (Å²) in [5, 5.41) is 4.12. The lowest BCUT2D eigenvalue weighted by Gasteiger charge is -2.17. The minimum Gasteiger partial charge on any atom is -0.308 e. The minimum atomic E-state index is -0.511. The van der Waals surface area contributed by atoms with Crippen LogP contribution in [0, 0.1) is 0 Å². The van der Waals surface area contributed by atoms with Crippen molar-refractivity contribution < 1.29 is 11.0 Å². The Morgan fingerprint density at radius 2 is 0.941 bits per heavy atom. The molecule has 0 fully saturated rings. The van der Waals surface area contributed by atoms with Gasteiger partial charge in [0.2, 0.25) is 0 Å². The molecule has 10 rings (SSSR count). The largest absolute Gasteiger partial charge is 0.308 e. The lowest BCUT2D eigenvalue weighted by molar-refractivity contribution is 1.06. The van der Waals surface area contributed by atoms with Crippen molar-refractivity contribution in [1.29, 1.82) is 0 Å². The van der Waals surface area contributed by atoms with Gasteiger partial charge in [0.15, 0.2) is 17.5 Å². The van der Waals surface area contributed by atoms with Crippen molar-refractivity contribution in [3.63, 3.8) is 0 Å². The number of nitrogens with zero attached hydrogens (tertiary/aromatic N) is 4. The van der Waals surface area contributed by atoms with Crippen LogP contribution in [-0.2, 0) is 0 Å². The lowest BCUT2D eigenvalue weighted by atomic mass is 9.94. The number of rotatable bonds is 5. The van der Waals surface area contributed by atoms with E-state index in [-0.39, 0.29) is 27.6 Å². The number of fused-ring (bicyclic) bond motifs is 5. The number of para-hydroxylation sites is 2. The second-order valence-corrected chi connectivity index (χ2v) is 12.3. The third-order valence-corrected chi connectivity index (χ3v) is 9.27. The van der Waals surface area contributed by atoms with Crippen LogP contribution in [0.1, 0.15) is 11.0 Å². The molecule has 0 bridgehead atoms. The molecule has 8 aromatic carbocycles. The molecule has 0 amide bonds. The van der Waals surface area contributed by atoms with Gasteiger partial charge in [-0.15, -0.1) is 0 Å². The highest BCUT2D eigenvalue weighted by Crippen LogP contribution is 2.40. The Balaban J connectivity index is 1.37. The Morgan fingerprint density at radius 3 is 1.59 bits per heavy atom. The highest BCUT2D eigenvalue weighted by Gasteiger charge is 2.20.